The van der Waals surface area contributed by atoms with E-state index in [1.54, 1.807) is 48.5 Å². The van der Waals surface area contributed by atoms with Gasteiger partial charge in [-0.1, -0.05) is 30.3 Å². The summed E-state index contributed by atoms with van der Waals surface area (Å²) in [7, 11) is 0. The van der Waals surface area contributed by atoms with Crippen molar-refractivity contribution in [3.05, 3.63) is 35.9 Å². The number of carbonyl (C=O) groups is 2. The first-order valence-corrected chi connectivity index (χ1v) is 9.13. The van der Waals surface area contributed by atoms with Gasteiger partial charge in [-0.05, 0) is 54.0 Å². The molecule has 1 rings (SSSR count). The molecule has 0 fully saturated rings. The van der Waals surface area contributed by atoms with E-state index in [0.717, 1.165) is 5.56 Å². The summed E-state index contributed by atoms with van der Waals surface area (Å²) in [6.07, 6.45) is 0. The van der Waals surface area contributed by atoms with E-state index >= 15 is 0 Å². The van der Waals surface area contributed by atoms with Crippen LogP contribution in [-0.4, -0.2) is 41.8 Å². The van der Waals surface area contributed by atoms with Gasteiger partial charge in [0.2, 0.25) is 0 Å². The van der Waals surface area contributed by atoms with Gasteiger partial charge in [0, 0.05) is 0 Å². The molecule has 1 unspecified atom stereocenters. The van der Waals surface area contributed by atoms with E-state index in [1.807, 2.05) is 30.3 Å². The lowest BCUT2D eigenvalue weighted by Gasteiger charge is -2.32. The number of esters is 2. The number of benzene rings is 1. The van der Waals surface area contributed by atoms with Crippen LogP contribution in [-0.2, 0) is 30.4 Å². The Labute approximate surface area is 162 Å². The van der Waals surface area contributed by atoms with Crippen molar-refractivity contribution in [1.82, 2.24) is 5.32 Å². The maximum Gasteiger partial charge on any atom is 0.328 e. The lowest BCUT2D eigenvalue weighted by molar-refractivity contribution is -0.166. The third-order valence-electron chi connectivity index (χ3n) is 3.39. The van der Waals surface area contributed by atoms with E-state index < -0.39 is 28.7 Å². The molecule has 0 bridgehead atoms. The highest BCUT2D eigenvalue weighted by Gasteiger charge is 2.38. The molecule has 6 nitrogen and oxygen atoms in total. The number of ether oxygens (including phenoxy) is 3. The first-order valence-electron chi connectivity index (χ1n) is 9.13. The Bertz CT molecular complexity index is 616. The summed E-state index contributed by atoms with van der Waals surface area (Å²) in [5.74, 6) is -0.924. The molecular formula is C21H33NO5. The summed E-state index contributed by atoms with van der Waals surface area (Å²) >= 11 is 0. The lowest BCUT2D eigenvalue weighted by atomic mass is 10.0. The highest BCUT2D eigenvalue weighted by Crippen LogP contribution is 2.16. The average molecular weight is 379 g/mol. The Morgan fingerprint density at radius 3 is 1.96 bits per heavy atom. The van der Waals surface area contributed by atoms with Crippen LogP contribution in [0.5, 0.6) is 0 Å². The van der Waals surface area contributed by atoms with Gasteiger partial charge in [0.15, 0.2) is 0 Å². The van der Waals surface area contributed by atoms with Gasteiger partial charge in [-0.25, -0.2) is 4.79 Å². The molecule has 1 N–H and O–H groups in total. The van der Waals surface area contributed by atoms with Crippen molar-refractivity contribution in [2.45, 2.75) is 71.8 Å². The zero-order valence-electron chi connectivity index (χ0n) is 17.5. The molecule has 27 heavy (non-hydrogen) atoms. The fourth-order valence-electron chi connectivity index (χ4n) is 2.16. The normalized spacial score (nSPS) is 14.3. The minimum atomic E-state index is -1.18. The Hall–Kier alpha value is -1.92. The van der Waals surface area contributed by atoms with Crippen LogP contribution in [0.2, 0.25) is 0 Å². The third-order valence-corrected chi connectivity index (χ3v) is 3.39. The number of hydrogen-bond donors (Lipinski definition) is 1. The van der Waals surface area contributed by atoms with Crippen LogP contribution in [0.1, 0.15) is 54.0 Å². The van der Waals surface area contributed by atoms with Gasteiger partial charge >= 0.3 is 11.9 Å². The number of nitrogens with one attached hydrogen (secondary N) is 1. The van der Waals surface area contributed by atoms with Gasteiger partial charge in [-0.15, -0.1) is 0 Å². The van der Waals surface area contributed by atoms with Crippen LogP contribution in [0.3, 0.4) is 0 Å². The lowest BCUT2D eigenvalue weighted by Crippen LogP contribution is -2.57. The molecule has 1 aromatic carbocycles. The van der Waals surface area contributed by atoms with E-state index in [-0.39, 0.29) is 13.2 Å². The van der Waals surface area contributed by atoms with Crippen LogP contribution < -0.4 is 5.32 Å². The molecule has 0 aliphatic carbocycles. The molecule has 152 valence electrons. The van der Waals surface area contributed by atoms with E-state index in [4.69, 9.17) is 14.2 Å². The smallest absolute Gasteiger partial charge is 0.328 e. The van der Waals surface area contributed by atoms with Crippen LogP contribution in [0.15, 0.2) is 30.3 Å². The van der Waals surface area contributed by atoms with Crippen LogP contribution in [0.4, 0.5) is 0 Å². The second kappa shape index (κ2) is 9.33. The van der Waals surface area contributed by atoms with Crippen LogP contribution in [0.25, 0.3) is 0 Å². The maximum absolute atomic E-state index is 12.7. The van der Waals surface area contributed by atoms with Gasteiger partial charge in [-0.3, -0.25) is 10.1 Å². The predicted octanol–water partition coefficient (Wildman–Crippen LogP) is 3.23. The number of hydrogen-bond acceptors (Lipinski definition) is 6. The molecular weight excluding hydrogens is 346 g/mol. The van der Waals surface area contributed by atoms with Crippen molar-refractivity contribution in [2.24, 2.45) is 0 Å². The molecule has 0 spiro atoms. The molecule has 1 atom stereocenters. The largest absolute Gasteiger partial charge is 0.459 e. The zero-order valence-corrected chi connectivity index (χ0v) is 17.5. The quantitative estimate of drug-likeness (QED) is 0.699. The summed E-state index contributed by atoms with van der Waals surface area (Å²) in [6.45, 7) is 12.7. The molecule has 0 aliphatic heterocycles. The first kappa shape index (κ1) is 23.1. The topological polar surface area (TPSA) is 73.9 Å². The minimum absolute atomic E-state index is 0.0552. The van der Waals surface area contributed by atoms with Gasteiger partial charge in [0.1, 0.15) is 16.7 Å². The van der Waals surface area contributed by atoms with E-state index in [2.05, 4.69) is 5.32 Å². The van der Waals surface area contributed by atoms with Crippen molar-refractivity contribution in [3.63, 3.8) is 0 Å². The second-order valence-corrected chi connectivity index (χ2v) is 8.75. The van der Waals surface area contributed by atoms with E-state index in [9.17, 15) is 9.59 Å². The number of rotatable bonds is 8. The van der Waals surface area contributed by atoms with Crippen molar-refractivity contribution in [1.29, 1.82) is 0 Å². The van der Waals surface area contributed by atoms with E-state index in [0.29, 0.717) is 6.61 Å². The molecule has 0 saturated carbocycles. The molecule has 0 radical (unpaired) electrons. The molecule has 1 aromatic rings. The summed E-state index contributed by atoms with van der Waals surface area (Å²) < 4.78 is 16.5. The van der Waals surface area contributed by atoms with Crippen molar-refractivity contribution in [2.75, 3.05) is 13.2 Å². The molecule has 6 heteroatoms. The molecule has 0 saturated heterocycles. The molecule has 0 amide bonds. The predicted molar refractivity (Wildman–Crippen MR) is 104 cm³/mol. The Kier molecular flexibility index (Phi) is 7.99. The first-order chi connectivity index (χ1) is 12.3. The third kappa shape index (κ3) is 9.54. The molecule has 0 aromatic heterocycles. The van der Waals surface area contributed by atoms with Crippen LogP contribution in [0, 0.1) is 0 Å². The maximum atomic E-state index is 12.7. The SMILES string of the molecule is CC(C)(C)OC(=O)CNC(C)(COCc1ccccc1)C(=O)OC(C)(C)C. The average Bonchev–Trinajstić information content (AvgIpc) is 2.51. The van der Waals surface area contributed by atoms with Gasteiger partial charge in [0.05, 0.1) is 19.8 Å². The summed E-state index contributed by atoms with van der Waals surface area (Å²) in [5.41, 5.74) is -1.42. The highest BCUT2D eigenvalue weighted by atomic mass is 16.6. The van der Waals surface area contributed by atoms with Crippen molar-refractivity contribution < 1.29 is 23.8 Å². The molecule has 0 heterocycles. The van der Waals surface area contributed by atoms with Crippen molar-refractivity contribution in [3.8, 4) is 0 Å². The van der Waals surface area contributed by atoms with Gasteiger partial charge in [-0.2, -0.15) is 0 Å². The fraction of sp³-hybridized carbons (Fsp3) is 0.619. The Morgan fingerprint density at radius 2 is 1.44 bits per heavy atom. The van der Waals surface area contributed by atoms with Gasteiger partial charge < -0.3 is 14.2 Å². The minimum Gasteiger partial charge on any atom is -0.459 e. The summed E-state index contributed by atoms with van der Waals surface area (Å²) in [4.78, 5) is 24.7. The summed E-state index contributed by atoms with van der Waals surface area (Å²) in [6, 6.07) is 9.66. The van der Waals surface area contributed by atoms with E-state index in [1.165, 1.54) is 0 Å². The monoisotopic (exact) mass is 379 g/mol. The molecule has 0 aliphatic rings. The number of carbonyl (C=O) groups excluding carboxylic acids is 2. The second-order valence-electron chi connectivity index (χ2n) is 8.75. The standard InChI is InChI=1S/C21H33NO5/c1-19(2,3)26-17(23)13-22-21(7,18(24)27-20(4,5)6)15-25-14-16-11-9-8-10-12-16/h8-12,22H,13-15H2,1-7H3. The van der Waals surface area contributed by atoms with Gasteiger partial charge in [0.25, 0.3) is 0 Å². The zero-order chi connectivity index (χ0) is 20.7. The summed E-state index contributed by atoms with van der Waals surface area (Å²) in [5, 5.41) is 2.95. The van der Waals surface area contributed by atoms with Crippen LogP contribution >= 0.6 is 0 Å². The Morgan fingerprint density at radius 1 is 0.889 bits per heavy atom. The fourth-order valence-corrected chi connectivity index (χ4v) is 2.16. The highest BCUT2D eigenvalue weighted by molar-refractivity contribution is 5.82. The van der Waals surface area contributed by atoms with Crippen molar-refractivity contribution >= 4 is 11.9 Å². The Balaban J connectivity index is 2.75.